The fourth-order valence-corrected chi connectivity index (χ4v) is 5.36. The molecule has 0 radical (unpaired) electrons. The average molecular weight is 502 g/mol. The molecule has 1 aromatic heterocycles. The number of methoxy groups -OCH3 is 2. The van der Waals surface area contributed by atoms with Crippen LogP contribution in [0, 0.1) is 5.92 Å². The molecule has 0 fully saturated rings. The Morgan fingerprint density at radius 1 is 1.00 bits per heavy atom. The fourth-order valence-electron chi connectivity index (χ4n) is 5.36. The maximum Gasteiger partial charge on any atom is 0.260 e. The molecule has 6 heteroatoms. The highest BCUT2D eigenvalue weighted by atomic mass is 16.5. The van der Waals surface area contributed by atoms with Gasteiger partial charge in [0.1, 0.15) is 5.56 Å². The van der Waals surface area contributed by atoms with Crippen LogP contribution in [-0.4, -0.2) is 42.9 Å². The first-order valence-corrected chi connectivity index (χ1v) is 12.9. The van der Waals surface area contributed by atoms with Crippen LogP contribution in [0.3, 0.4) is 0 Å². The number of nitrogens with zero attached hydrogens (tertiary/aromatic N) is 2. The standard InChI is InChI=1S/C31H37N2O4/c1-20(2)33(21(3)4)31(35)27-19-32(18-22-10-8-7-9-11-22)13-12-23(27)14-25-15-24-16-28(36-5)29(37-6)17-26(24)30(25)34/h7-13,16-17,19-21,25H,14-15,18H2,1-6H3/q+1. The molecule has 0 saturated heterocycles. The molecular formula is C31H37N2O4+. The Balaban J connectivity index is 1.69. The van der Waals surface area contributed by atoms with Gasteiger partial charge < -0.3 is 14.4 Å². The van der Waals surface area contributed by atoms with Gasteiger partial charge in [0.15, 0.2) is 36.2 Å². The molecule has 0 bridgehead atoms. The van der Waals surface area contributed by atoms with E-state index in [9.17, 15) is 9.59 Å². The first-order chi connectivity index (χ1) is 17.7. The van der Waals surface area contributed by atoms with Gasteiger partial charge >= 0.3 is 0 Å². The summed E-state index contributed by atoms with van der Waals surface area (Å²) in [4.78, 5) is 29.2. The number of carbonyl (C=O) groups is 2. The topological polar surface area (TPSA) is 59.7 Å². The normalized spacial score (nSPS) is 14.7. The van der Waals surface area contributed by atoms with Crippen molar-refractivity contribution in [3.8, 4) is 11.5 Å². The lowest BCUT2D eigenvalue weighted by Crippen LogP contribution is -2.44. The molecule has 4 rings (SSSR count). The summed E-state index contributed by atoms with van der Waals surface area (Å²) in [5.74, 6) is 1.01. The summed E-state index contributed by atoms with van der Waals surface area (Å²) in [6, 6.07) is 16.0. The number of aromatic nitrogens is 1. The molecule has 194 valence electrons. The summed E-state index contributed by atoms with van der Waals surface area (Å²) in [6.07, 6.45) is 5.06. The maximum atomic E-state index is 13.9. The number of benzene rings is 2. The maximum absolute atomic E-state index is 13.9. The lowest BCUT2D eigenvalue weighted by molar-refractivity contribution is -0.688. The summed E-state index contributed by atoms with van der Waals surface area (Å²) in [5, 5.41) is 0. The second-order valence-corrected chi connectivity index (χ2v) is 10.3. The predicted octanol–water partition coefficient (Wildman–Crippen LogP) is 4.90. The van der Waals surface area contributed by atoms with Gasteiger partial charge in [0, 0.05) is 35.2 Å². The highest BCUT2D eigenvalue weighted by molar-refractivity contribution is 6.03. The molecule has 0 saturated carbocycles. The fraction of sp³-hybridized carbons (Fsp3) is 0.387. The number of hydrogen-bond acceptors (Lipinski definition) is 4. The summed E-state index contributed by atoms with van der Waals surface area (Å²) in [7, 11) is 3.17. The molecule has 37 heavy (non-hydrogen) atoms. The third-order valence-corrected chi connectivity index (χ3v) is 7.07. The van der Waals surface area contributed by atoms with Crippen molar-refractivity contribution in [2.75, 3.05) is 14.2 Å². The van der Waals surface area contributed by atoms with Crippen LogP contribution in [0.1, 0.15) is 65.1 Å². The second kappa shape index (κ2) is 11.2. The number of ketones is 1. The summed E-state index contributed by atoms with van der Waals surface area (Å²) >= 11 is 0. The Morgan fingerprint density at radius 3 is 2.27 bits per heavy atom. The Morgan fingerprint density at radius 2 is 1.65 bits per heavy atom. The zero-order valence-electron chi connectivity index (χ0n) is 22.7. The van der Waals surface area contributed by atoms with Crippen molar-refractivity contribution in [2.24, 2.45) is 5.92 Å². The molecule has 0 N–H and O–H groups in total. The molecule has 1 amide bonds. The molecule has 1 heterocycles. The monoisotopic (exact) mass is 501 g/mol. The second-order valence-electron chi connectivity index (χ2n) is 10.3. The lowest BCUT2D eigenvalue weighted by Gasteiger charge is -2.31. The molecule has 3 aromatic rings. The van der Waals surface area contributed by atoms with Gasteiger partial charge in [0.25, 0.3) is 5.91 Å². The van der Waals surface area contributed by atoms with E-state index in [0.29, 0.717) is 42.0 Å². The molecule has 2 aromatic carbocycles. The van der Waals surface area contributed by atoms with Crippen LogP contribution < -0.4 is 14.0 Å². The molecule has 0 aliphatic heterocycles. The van der Waals surface area contributed by atoms with Gasteiger partial charge in [-0.1, -0.05) is 30.3 Å². The van der Waals surface area contributed by atoms with E-state index in [1.54, 1.807) is 20.3 Å². The molecule has 1 atom stereocenters. The molecule has 1 aliphatic rings. The smallest absolute Gasteiger partial charge is 0.260 e. The number of fused-ring (bicyclic) bond motifs is 1. The van der Waals surface area contributed by atoms with Crippen molar-refractivity contribution in [1.29, 1.82) is 0 Å². The van der Waals surface area contributed by atoms with Crippen molar-refractivity contribution in [3.05, 3.63) is 88.7 Å². The highest BCUT2D eigenvalue weighted by Crippen LogP contribution is 2.38. The van der Waals surface area contributed by atoms with Crippen LogP contribution in [-0.2, 0) is 19.4 Å². The van der Waals surface area contributed by atoms with E-state index in [4.69, 9.17) is 9.47 Å². The Labute approximate surface area is 219 Å². The SMILES string of the molecule is COc1cc2c(cc1OC)C(=O)C(Cc1cc[n+](Cc3ccccc3)cc1C(=O)N(C(C)C)C(C)C)C2. The average Bonchev–Trinajstić information content (AvgIpc) is 3.18. The van der Waals surface area contributed by atoms with Crippen molar-refractivity contribution in [2.45, 2.75) is 59.2 Å². The van der Waals surface area contributed by atoms with E-state index in [1.165, 1.54) is 0 Å². The van der Waals surface area contributed by atoms with Gasteiger partial charge in [0.05, 0.1) is 14.2 Å². The minimum atomic E-state index is -0.241. The largest absolute Gasteiger partial charge is 0.493 e. The van der Waals surface area contributed by atoms with Crippen molar-refractivity contribution >= 4 is 11.7 Å². The van der Waals surface area contributed by atoms with Crippen LogP contribution >= 0.6 is 0 Å². The first-order valence-electron chi connectivity index (χ1n) is 12.9. The minimum absolute atomic E-state index is 0.00582. The molecule has 1 aliphatic carbocycles. The van der Waals surface area contributed by atoms with E-state index < -0.39 is 0 Å². The number of Topliss-reactive ketones (excluding diaryl/α,β-unsaturated/α-hetero) is 1. The number of rotatable bonds is 9. The van der Waals surface area contributed by atoms with Gasteiger partial charge in [-0.15, -0.1) is 0 Å². The third kappa shape index (κ3) is 5.53. The molecule has 0 spiro atoms. The van der Waals surface area contributed by atoms with E-state index in [2.05, 4.69) is 12.1 Å². The first kappa shape index (κ1) is 26.4. The van der Waals surface area contributed by atoms with Crippen molar-refractivity contribution in [1.82, 2.24) is 4.90 Å². The van der Waals surface area contributed by atoms with Gasteiger partial charge in [-0.2, -0.15) is 4.57 Å². The summed E-state index contributed by atoms with van der Waals surface area (Å²) < 4.78 is 12.9. The third-order valence-electron chi connectivity index (χ3n) is 7.07. The van der Waals surface area contributed by atoms with Crippen molar-refractivity contribution < 1.29 is 23.6 Å². The number of pyridine rings is 1. The minimum Gasteiger partial charge on any atom is -0.493 e. The van der Waals surface area contributed by atoms with E-state index in [-0.39, 0.29) is 29.7 Å². The number of ether oxygens (including phenoxy) is 2. The van der Waals surface area contributed by atoms with Crippen LogP contribution in [0.5, 0.6) is 11.5 Å². The van der Waals surface area contributed by atoms with Crippen molar-refractivity contribution in [3.63, 3.8) is 0 Å². The lowest BCUT2D eigenvalue weighted by atomic mass is 9.93. The number of carbonyl (C=O) groups excluding carboxylic acids is 2. The Hall–Kier alpha value is -3.67. The highest BCUT2D eigenvalue weighted by Gasteiger charge is 2.34. The summed E-state index contributed by atoms with van der Waals surface area (Å²) in [5.41, 5.74) is 4.34. The number of amides is 1. The van der Waals surface area contributed by atoms with E-state index in [0.717, 1.165) is 16.7 Å². The molecule has 1 unspecified atom stereocenters. The quantitative estimate of drug-likeness (QED) is 0.392. The van der Waals surface area contributed by atoms with Crippen LogP contribution in [0.25, 0.3) is 0 Å². The Bertz CT molecular complexity index is 1280. The predicted molar refractivity (Wildman–Crippen MR) is 143 cm³/mol. The van der Waals surface area contributed by atoms with Crippen LogP contribution in [0.2, 0.25) is 0 Å². The van der Waals surface area contributed by atoms with Gasteiger partial charge in [-0.3, -0.25) is 9.59 Å². The van der Waals surface area contributed by atoms with Crippen LogP contribution in [0.15, 0.2) is 60.9 Å². The molecular weight excluding hydrogens is 464 g/mol. The van der Waals surface area contributed by atoms with Gasteiger partial charge in [-0.05, 0) is 63.8 Å². The molecule has 6 nitrogen and oxygen atoms in total. The zero-order chi connectivity index (χ0) is 26.7. The van der Waals surface area contributed by atoms with Crippen LogP contribution in [0.4, 0.5) is 0 Å². The number of hydrogen-bond donors (Lipinski definition) is 0. The Kier molecular flexibility index (Phi) is 7.96. The van der Waals surface area contributed by atoms with E-state index in [1.807, 2.05) is 79.9 Å². The zero-order valence-corrected chi connectivity index (χ0v) is 22.7. The van der Waals surface area contributed by atoms with Gasteiger partial charge in [-0.25, -0.2) is 0 Å². The van der Waals surface area contributed by atoms with E-state index >= 15 is 0 Å². The van der Waals surface area contributed by atoms with Gasteiger partial charge in [0.2, 0.25) is 0 Å². The summed E-state index contributed by atoms with van der Waals surface area (Å²) in [6.45, 7) is 8.82.